The van der Waals surface area contributed by atoms with E-state index >= 15 is 0 Å². The molecule has 0 aliphatic heterocycles. The number of aliphatic carboxylic acids is 1. The molecule has 4 aromatic heterocycles. The first kappa shape index (κ1) is 19.0. The van der Waals surface area contributed by atoms with E-state index in [1.54, 1.807) is 23.2 Å². The largest absolute Gasteiger partial charge is 0.481 e. The van der Waals surface area contributed by atoms with E-state index < -0.39 is 23.3 Å². The molecule has 4 N–H and O–H groups in total. The van der Waals surface area contributed by atoms with Crippen LogP contribution in [0, 0.1) is 5.41 Å². The monoisotopic (exact) mass is 419 g/mol. The van der Waals surface area contributed by atoms with Gasteiger partial charge in [-0.15, -0.1) is 0 Å². The van der Waals surface area contributed by atoms with Crippen molar-refractivity contribution >= 4 is 40.2 Å². The Morgan fingerprint density at radius 2 is 2.06 bits per heavy atom. The van der Waals surface area contributed by atoms with Crippen LogP contribution in [0.15, 0.2) is 49.2 Å². The summed E-state index contributed by atoms with van der Waals surface area (Å²) in [7, 11) is 0. The number of pyridine rings is 1. The number of amides is 1. The van der Waals surface area contributed by atoms with Crippen molar-refractivity contribution in [1.29, 1.82) is 0 Å². The van der Waals surface area contributed by atoms with Gasteiger partial charge >= 0.3 is 5.97 Å². The molecule has 0 saturated heterocycles. The lowest BCUT2D eigenvalue weighted by molar-refractivity contribution is -0.159. The molecule has 1 atom stereocenters. The van der Waals surface area contributed by atoms with Gasteiger partial charge in [-0.05, 0) is 31.0 Å². The topological polar surface area (TPSA) is 140 Å². The average molecular weight is 419 g/mol. The molecule has 0 bridgehead atoms. The molecule has 1 saturated carbocycles. The molecule has 10 heteroatoms. The van der Waals surface area contributed by atoms with Crippen LogP contribution in [0.5, 0.6) is 0 Å². The summed E-state index contributed by atoms with van der Waals surface area (Å²) in [5.74, 6) is -1.09. The smallest absolute Gasteiger partial charge is 0.311 e. The fourth-order valence-corrected chi connectivity index (χ4v) is 4.37. The molecule has 10 nitrogen and oxygen atoms in total. The summed E-state index contributed by atoms with van der Waals surface area (Å²) in [5.41, 5.74) is 6.62. The highest BCUT2D eigenvalue weighted by atomic mass is 16.4. The quantitative estimate of drug-likeness (QED) is 0.418. The number of carbonyl (C=O) groups is 2. The Labute approximate surface area is 176 Å². The predicted octanol–water partition coefficient (Wildman–Crippen LogP) is 2.49. The lowest BCUT2D eigenvalue weighted by Gasteiger charge is -2.44. The van der Waals surface area contributed by atoms with Crippen LogP contribution < -0.4 is 11.1 Å². The normalized spacial score (nSPS) is 16.1. The number of nitrogens with zero attached hydrogens (tertiary/aromatic N) is 5. The highest BCUT2D eigenvalue weighted by molar-refractivity contribution is 5.82. The Hall–Kier alpha value is -3.95. The fourth-order valence-electron chi connectivity index (χ4n) is 4.37. The van der Waals surface area contributed by atoms with Gasteiger partial charge in [-0.1, -0.05) is 6.42 Å². The minimum atomic E-state index is -1.02. The molecular weight excluding hydrogens is 398 g/mol. The SMILES string of the molecule is NC(=O)CC(n1ccc2cnc(Nc3ccc4nccn4c3)nc21)C1(C(=O)O)CCC1. The molecule has 4 aromatic rings. The van der Waals surface area contributed by atoms with Crippen LogP contribution in [-0.2, 0) is 9.59 Å². The minimum absolute atomic E-state index is 0.0693. The number of hydrogen-bond donors (Lipinski definition) is 3. The van der Waals surface area contributed by atoms with Crippen LogP contribution in [0.2, 0.25) is 0 Å². The van der Waals surface area contributed by atoms with E-state index in [9.17, 15) is 14.7 Å². The first-order valence-corrected chi connectivity index (χ1v) is 10.0. The van der Waals surface area contributed by atoms with Crippen molar-refractivity contribution in [3.8, 4) is 0 Å². The van der Waals surface area contributed by atoms with Crippen LogP contribution in [0.25, 0.3) is 16.7 Å². The van der Waals surface area contributed by atoms with E-state index in [2.05, 4.69) is 20.3 Å². The number of nitrogens with one attached hydrogen (secondary N) is 1. The number of anilines is 2. The molecule has 4 heterocycles. The molecule has 1 amide bonds. The maximum atomic E-state index is 12.1. The highest BCUT2D eigenvalue weighted by Crippen LogP contribution is 2.51. The molecule has 1 fully saturated rings. The summed E-state index contributed by atoms with van der Waals surface area (Å²) < 4.78 is 3.64. The lowest BCUT2D eigenvalue weighted by Crippen LogP contribution is -2.46. The predicted molar refractivity (Wildman–Crippen MR) is 113 cm³/mol. The van der Waals surface area contributed by atoms with Gasteiger partial charge in [0.05, 0.1) is 17.1 Å². The van der Waals surface area contributed by atoms with Crippen LogP contribution in [-0.4, -0.2) is 40.9 Å². The van der Waals surface area contributed by atoms with Gasteiger partial charge in [0, 0.05) is 42.8 Å². The van der Waals surface area contributed by atoms with Crippen molar-refractivity contribution in [2.75, 3.05) is 5.32 Å². The summed E-state index contributed by atoms with van der Waals surface area (Å²) in [5, 5.41) is 13.9. The molecule has 0 aromatic carbocycles. The van der Waals surface area contributed by atoms with Crippen molar-refractivity contribution in [1.82, 2.24) is 23.9 Å². The summed E-state index contributed by atoms with van der Waals surface area (Å²) >= 11 is 0. The zero-order valence-corrected chi connectivity index (χ0v) is 16.6. The number of fused-ring (bicyclic) bond motifs is 2. The molecular formula is C21H21N7O3. The van der Waals surface area contributed by atoms with E-state index in [-0.39, 0.29) is 6.42 Å². The molecule has 1 aliphatic carbocycles. The number of carboxylic acid groups (broad SMARTS) is 1. The van der Waals surface area contributed by atoms with Crippen molar-refractivity contribution < 1.29 is 14.7 Å². The number of imidazole rings is 1. The number of rotatable bonds is 7. The van der Waals surface area contributed by atoms with Gasteiger partial charge < -0.3 is 25.1 Å². The van der Waals surface area contributed by atoms with Gasteiger partial charge in [0.25, 0.3) is 0 Å². The third kappa shape index (κ3) is 3.16. The minimum Gasteiger partial charge on any atom is -0.481 e. The number of aromatic nitrogens is 5. The van der Waals surface area contributed by atoms with Crippen molar-refractivity contribution in [3.05, 3.63) is 49.2 Å². The summed E-state index contributed by atoms with van der Waals surface area (Å²) in [6.45, 7) is 0. The first-order valence-electron chi connectivity index (χ1n) is 10.0. The molecule has 0 radical (unpaired) electrons. The second kappa shape index (κ2) is 7.08. The third-order valence-electron chi connectivity index (χ3n) is 6.14. The Morgan fingerprint density at radius 3 is 2.77 bits per heavy atom. The molecule has 1 aliphatic rings. The van der Waals surface area contributed by atoms with E-state index in [0.717, 1.165) is 23.1 Å². The van der Waals surface area contributed by atoms with Crippen LogP contribution in [0.4, 0.5) is 11.6 Å². The van der Waals surface area contributed by atoms with Crippen LogP contribution >= 0.6 is 0 Å². The molecule has 1 unspecified atom stereocenters. The maximum absolute atomic E-state index is 12.1. The van der Waals surface area contributed by atoms with Crippen LogP contribution in [0.3, 0.4) is 0 Å². The number of nitrogens with two attached hydrogens (primary N) is 1. The van der Waals surface area contributed by atoms with Gasteiger partial charge in [-0.3, -0.25) is 9.59 Å². The maximum Gasteiger partial charge on any atom is 0.311 e. The lowest BCUT2D eigenvalue weighted by atomic mass is 9.63. The number of primary amides is 1. The Balaban J connectivity index is 1.54. The Kier molecular flexibility index (Phi) is 4.35. The Morgan fingerprint density at radius 1 is 1.23 bits per heavy atom. The standard InChI is InChI=1S/C21H21N7O3/c22-16(29)10-15(21(19(30)31)5-1-6-21)28-8-4-13-11-24-20(26-18(13)28)25-14-2-3-17-23-7-9-27(17)12-14/h2-4,7-9,11-12,15H,1,5-6,10H2,(H2,22,29)(H,30,31)(H,24,25,26). The molecule has 0 spiro atoms. The zero-order chi connectivity index (χ0) is 21.6. The van der Waals surface area contributed by atoms with E-state index in [0.29, 0.717) is 24.4 Å². The second-order valence-corrected chi connectivity index (χ2v) is 7.93. The molecule has 5 rings (SSSR count). The Bertz CT molecular complexity index is 1300. The summed E-state index contributed by atoms with van der Waals surface area (Å²) in [6.07, 6.45) is 10.6. The van der Waals surface area contributed by atoms with Crippen molar-refractivity contribution in [2.24, 2.45) is 11.1 Å². The summed E-state index contributed by atoms with van der Waals surface area (Å²) in [6, 6.07) is 4.95. The number of hydrogen-bond acceptors (Lipinski definition) is 6. The first-order chi connectivity index (χ1) is 15.0. The molecule has 31 heavy (non-hydrogen) atoms. The number of carboxylic acids is 1. The summed E-state index contributed by atoms with van der Waals surface area (Å²) in [4.78, 5) is 37.2. The van der Waals surface area contributed by atoms with Gasteiger partial charge in [0.15, 0.2) is 0 Å². The van der Waals surface area contributed by atoms with Gasteiger partial charge in [0.2, 0.25) is 11.9 Å². The van der Waals surface area contributed by atoms with Gasteiger partial charge in [-0.25, -0.2) is 9.97 Å². The van der Waals surface area contributed by atoms with Crippen LogP contribution in [0.1, 0.15) is 31.7 Å². The third-order valence-corrected chi connectivity index (χ3v) is 6.14. The van der Waals surface area contributed by atoms with E-state index in [4.69, 9.17) is 5.73 Å². The van der Waals surface area contributed by atoms with Crippen molar-refractivity contribution in [3.63, 3.8) is 0 Å². The van der Waals surface area contributed by atoms with E-state index in [1.165, 1.54) is 0 Å². The average Bonchev–Trinajstić information content (AvgIpc) is 3.31. The van der Waals surface area contributed by atoms with Crippen molar-refractivity contribution in [2.45, 2.75) is 31.7 Å². The van der Waals surface area contributed by atoms with E-state index in [1.807, 2.05) is 35.0 Å². The second-order valence-electron chi connectivity index (χ2n) is 7.93. The number of carbonyl (C=O) groups excluding carboxylic acids is 1. The van der Waals surface area contributed by atoms with Gasteiger partial charge in [0.1, 0.15) is 11.3 Å². The zero-order valence-electron chi connectivity index (χ0n) is 16.6. The fraction of sp³-hybridized carbons (Fsp3) is 0.286. The van der Waals surface area contributed by atoms with Gasteiger partial charge in [-0.2, -0.15) is 4.98 Å². The molecule has 158 valence electrons. The highest BCUT2D eigenvalue weighted by Gasteiger charge is 2.52.